The van der Waals surface area contributed by atoms with Gasteiger partial charge in [0.15, 0.2) is 0 Å². The molecule has 2 amide bonds. The molecule has 138 valence electrons. The smallest absolute Gasteiger partial charge is 0.259 e. The molecule has 1 aromatic heterocycles. The highest BCUT2D eigenvalue weighted by atomic mass is 16.2. The van der Waals surface area contributed by atoms with Crippen molar-refractivity contribution in [3.8, 4) is 5.69 Å². The molecule has 0 unspecified atom stereocenters. The number of aryl methyl sites for hydroxylation is 1. The number of benzene rings is 2. The van der Waals surface area contributed by atoms with Crippen LogP contribution < -0.4 is 10.6 Å². The first-order valence-electron chi connectivity index (χ1n) is 8.81. The van der Waals surface area contributed by atoms with Crippen molar-refractivity contribution in [1.29, 1.82) is 0 Å². The molecule has 0 radical (unpaired) electrons. The topological polar surface area (TPSA) is 76.0 Å². The third-order valence-corrected chi connectivity index (χ3v) is 4.36. The minimum atomic E-state index is -0.224. The van der Waals surface area contributed by atoms with Gasteiger partial charge in [-0.1, -0.05) is 24.6 Å². The van der Waals surface area contributed by atoms with E-state index in [2.05, 4.69) is 15.7 Å². The van der Waals surface area contributed by atoms with Gasteiger partial charge in [-0.25, -0.2) is 4.68 Å². The summed E-state index contributed by atoms with van der Waals surface area (Å²) in [7, 11) is 1.58. The lowest BCUT2D eigenvalue weighted by molar-refractivity contribution is 0.0962. The Hall–Kier alpha value is -3.41. The Morgan fingerprint density at radius 2 is 1.67 bits per heavy atom. The van der Waals surface area contributed by atoms with Crippen LogP contribution >= 0.6 is 0 Å². The zero-order valence-corrected chi connectivity index (χ0v) is 15.6. The number of hydrogen-bond donors (Lipinski definition) is 2. The molecular formula is C21H22N4O2. The predicted octanol–water partition coefficient (Wildman–Crippen LogP) is 3.36. The van der Waals surface area contributed by atoms with E-state index in [1.807, 2.05) is 38.1 Å². The minimum absolute atomic E-state index is 0.166. The molecule has 0 spiro atoms. The van der Waals surface area contributed by atoms with Crippen molar-refractivity contribution in [3.63, 3.8) is 0 Å². The molecule has 6 nitrogen and oxygen atoms in total. The summed E-state index contributed by atoms with van der Waals surface area (Å²) < 4.78 is 1.79. The van der Waals surface area contributed by atoms with Crippen LogP contribution in [0.15, 0.2) is 54.7 Å². The molecule has 1 heterocycles. The number of nitrogens with zero attached hydrogens (tertiary/aromatic N) is 2. The third kappa shape index (κ3) is 3.89. The van der Waals surface area contributed by atoms with E-state index in [1.165, 1.54) is 5.56 Å². The number of carbonyl (C=O) groups is 2. The number of amides is 2. The number of nitrogens with one attached hydrogen (secondary N) is 2. The fraction of sp³-hybridized carbons (Fsp3) is 0.190. The Morgan fingerprint density at radius 1 is 1.00 bits per heavy atom. The van der Waals surface area contributed by atoms with Crippen molar-refractivity contribution in [2.75, 3.05) is 12.4 Å². The molecule has 0 aliphatic carbocycles. The highest BCUT2D eigenvalue weighted by Gasteiger charge is 2.17. The number of aromatic nitrogens is 2. The van der Waals surface area contributed by atoms with Gasteiger partial charge >= 0.3 is 0 Å². The van der Waals surface area contributed by atoms with Crippen LogP contribution in [0.25, 0.3) is 5.69 Å². The molecule has 0 saturated heterocycles. The third-order valence-electron chi connectivity index (χ3n) is 4.36. The number of rotatable bonds is 5. The van der Waals surface area contributed by atoms with Crippen LogP contribution in [0.4, 0.5) is 5.69 Å². The van der Waals surface area contributed by atoms with Crippen LogP contribution in [0.5, 0.6) is 0 Å². The molecule has 0 aliphatic heterocycles. The number of hydrogen-bond acceptors (Lipinski definition) is 3. The van der Waals surface area contributed by atoms with Gasteiger partial charge in [0, 0.05) is 18.3 Å². The molecule has 27 heavy (non-hydrogen) atoms. The van der Waals surface area contributed by atoms with Crippen molar-refractivity contribution in [2.45, 2.75) is 20.3 Å². The Morgan fingerprint density at radius 3 is 2.26 bits per heavy atom. The van der Waals surface area contributed by atoms with Crippen LogP contribution in [0.3, 0.4) is 0 Å². The van der Waals surface area contributed by atoms with Gasteiger partial charge in [0.05, 0.1) is 23.1 Å². The molecule has 0 fully saturated rings. The quantitative estimate of drug-likeness (QED) is 0.731. The fourth-order valence-corrected chi connectivity index (χ4v) is 2.86. The van der Waals surface area contributed by atoms with Gasteiger partial charge in [0.25, 0.3) is 11.8 Å². The summed E-state index contributed by atoms with van der Waals surface area (Å²) in [4.78, 5) is 24.3. The maximum atomic E-state index is 12.7. The summed E-state index contributed by atoms with van der Waals surface area (Å²) >= 11 is 0. The first kappa shape index (κ1) is 18.4. The summed E-state index contributed by atoms with van der Waals surface area (Å²) in [5, 5.41) is 9.83. The predicted molar refractivity (Wildman–Crippen MR) is 105 cm³/mol. The summed E-state index contributed by atoms with van der Waals surface area (Å²) in [6, 6.07) is 14.8. The summed E-state index contributed by atoms with van der Waals surface area (Å²) in [5.74, 6) is -0.390. The average molecular weight is 362 g/mol. The first-order valence-corrected chi connectivity index (χ1v) is 8.81. The van der Waals surface area contributed by atoms with Crippen LogP contribution in [-0.2, 0) is 6.42 Å². The highest BCUT2D eigenvalue weighted by Crippen LogP contribution is 2.18. The van der Waals surface area contributed by atoms with E-state index < -0.39 is 0 Å². The lowest BCUT2D eigenvalue weighted by atomic mass is 10.1. The van der Waals surface area contributed by atoms with E-state index in [1.54, 1.807) is 42.2 Å². The van der Waals surface area contributed by atoms with Crippen molar-refractivity contribution in [3.05, 3.63) is 77.1 Å². The van der Waals surface area contributed by atoms with Crippen LogP contribution in [0.1, 0.15) is 38.9 Å². The molecule has 6 heteroatoms. The Bertz CT molecular complexity index is 957. The molecule has 3 aromatic rings. The number of anilines is 1. The monoisotopic (exact) mass is 362 g/mol. The summed E-state index contributed by atoms with van der Waals surface area (Å²) in [6.07, 6.45) is 2.26. The van der Waals surface area contributed by atoms with Crippen molar-refractivity contribution >= 4 is 17.5 Å². The fourth-order valence-electron chi connectivity index (χ4n) is 2.86. The van der Waals surface area contributed by atoms with E-state index in [9.17, 15) is 9.59 Å². The minimum Gasteiger partial charge on any atom is -0.355 e. The van der Waals surface area contributed by atoms with Gasteiger partial charge in [-0.05, 0) is 49.7 Å². The maximum absolute atomic E-state index is 12.7. The molecule has 0 aliphatic rings. The molecule has 0 bridgehead atoms. The number of carbonyl (C=O) groups excluding carboxylic acids is 2. The standard InChI is InChI=1S/C21H22N4O2/c1-4-19-18(13-23-25(19)17-11-5-14(2)6-12-17)21(27)24-16-9-7-15(8-10-16)20(26)22-3/h5-13H,4H2,1-3H3,(H,22,26)(H,24,27). The van der Waals surface area contributed by atoms with Gasteiger partial charge in [-0.3, -0.25) is 9.59 Å². The van der Waals surface area contributed by atoms with E-state index in [-0.39, 0.29) is 11.8 Å². The largest absolute Gasteiger partial charge is 0.355 e. The van der Waals surface area contributed by atoms with Crippen molar-refractivity contribution in [1.82, 2.24) is 15.1 Å². The second-order valence-electron chi connectivity index (χ2n) is 6.22. The lowest BCUT2D eigenvalue weighted by Crippen LogP contribution is -2.18. The molecule has 2 aromatic carbocycles. The first-order chi connectivity index (χ1) is 13.0. The van der Waals surface area contributed by atoms with Gasteiger partial charge in [0.1, 0.15) is 0 Å². The van der Waals surface area contributed by atoms with Gasteiger partial charge in [-0.2, -0.15) is 5.10 Å². The molecule has 0 atom stereocenters. The average Bonchev–Trinajstić information content (AvgIpc) is 3.12. The van der Waals surface area contributed by atoms with Gasteiger partial charge in [-0.15, -0.1) is 0 Å². The maximum Gasteiger partial charge on any atom is 0.259 e. The Labute approximate surface area is 158 Å². The zero-order valence-electron chi connectivity index (χ0n) is 15.6. The summed E-state index contributed by atoms with van der Waals surface area (Å²) in [6.45, 7) is 4.03. The normalized spacial score (nSPS) is 10.5. The second kappa shape index (κ2) is 7.86. The molecular weight excluding hydrogens is 340 g/mol. The van der Waals surface area contributed by atoms with Gasteiger partial charge in [0.2, 0.25) is 0 Å². The van der Waals surface area contributed by atoms with E-state index >= 15 is 0 Å². The van der Waals surface area contributed by atoms with Crippen LogP contribution in [-0.4, -0.2) is 28.6 Å². The molecule has 2 N–H and O–H groups in total. The Kier molecular flexibility index (Phi) is 5.35. The van der Waals surface area contributed by atoms with Gasteiger partial charge < -0.3 is 10.6 Å². The van der Waals surface area contributed by atoms with Crippen LogP contribution in [0, 0.1) is 6.92 Å². The van der Waals surface area contributed by atoms with Crippen LogP contribution in [0.2, 0.25) is 0 Å². The zero-order chi connectivity index (χ0) is 19.4. The lowest BCUT2D eigenvalue weighted by Gasteiger charge is -2.09. The van der Waals surface area contributed by atoms with Crippen molar-refractivity contribution < 1.29 is 9.59 Å². The second-order valence-corrected chi connectivity index (χ2v) is 6.22. The highest BCUT2D eigenvalue weighted by molar-refractivity contribution is 6.05. The Balaban J connectivity index is 1.83. The molecule has 0 saturated carbocycles. The van der Waals surface area contributed by atoms with E-state index in [0.29, 0.717) is 23.2 Å². The van der Waals surface area contributed by atoms with E-state index in [4.69, 9.17) is 0 Å². The van der Waals surface area contributed by atoms with E-state index in [0.717, 1.165) is 11.4 Å². The molecule has 3 rings (SSSR count). The van der Waals surface area contributed by atoms with Crippen molar-refractivity contribution in [2.24, 2.45) is 0 Å². The SMILES string of the molecule is CCc1c(C(=O)Nc2ccc(C(=O)NC)cc2)cnn1-c1ccc(C)cc1. The summed E-state index contributed by atoms with van der Waals surface area (Å²) in [5.41, 5.74) is 4.63.